The number of ether oxygens (including phenoxy) is 2. The highest BCUT2D eigenvalue weighted by Gasteiger charge is 2.27. The molecule has 0 aromatic rings. The Bertz CT molecular complexity index is 596. The zero-order valence-corrected chi connectivity index (χ0v) is 27.3. The molecular formula is C31H65NO6P+. The predicted molar refractivity (Wildman–Crippen MR) is 164 cm³/mol. The van der Waals surface area contributed by atoms with Crippen LogP contribution in [0.1, 0.15) is 122 Å². The van der Waals surface area contributed by atoms with E-state index in [1.54, 1.807) is 0 Å². The molecule has 0 rings (SSSR count). The first-order chi connectivity index (χ1) is 18.7. The van der Waals surface area contributed by atoms with Gasteiger partial charge in [-0.1, -0.05) is 103 Å². The van der Waals surface area contributed by atoms with Crippen LogP contribution in [0.4, 0.5) is 0 Å². The molecule has 0 amide bonds. The summed E-state index contributed by atoms with van der Waals surface area (Å²) >= 11 is 0. The molecule has 1 N–H and O–H groups in total. The van der Waals surface area contributed by atoms with E-state index >= 15 is 0 Å². The second-order valence-electron chi connectivity index (χ2n) is 11.9. The molecule has 0 aromatic heterocycles. The van der Waals surface area contributed by atoms with Crippen molar-refractivity contribution in [1.82, 2.24) is 0 Å². The maximum Gasteiger partial charge on any atom is 0.472 e. The molecule has 0 saturated heterocycles. The lowest BCUT2D eigenvalue weighted by Gasteiger charge is -2.25. The van der Waals surface area contributed by atoms with Gasteiger partial charge in [-0.3, -0.25) is 9.05 Å². The molecule has 234 valence electrons. The minimum atomic E-state index is -4.14. The molecule has 2 unspecified atom stereocenters. The summed E-state index contributed by atoms with van der Waals surface area (Å²) in [5.41, 5.74) is 0. The minimum absolute atomic E-state index is 0.148. The summed E-state index contributed by atoms with van der Waals surface area (Å²) in [6, 6.07) is 0. The maximum absolute atomic E-state index is 12.2. The van der Waals surface area contributed by atoms with Gasteiger partial charge in [0.25, 0.3) is 0 Å². The normalized spacial score (nSPS) is 14.7. The number of methoxy groups -OCH3 is 1. The smallest absolute Gasteiger partial charge is 0.382 e. The molecule has 0 aromatic carbocycles. The quantitative estimate of drug-likeness (QED) is 0.0399. The van der Waals surface area contributed by atoms with E-state index in [1.807, 2.05) is 21.1 Å². The van der Waals surface area contributed by atoms with E-state index in [-0.39, 0.29) is 19.8 Å². The molecule has 0 spiro atoms. The number of hydrogen-bond acceptors (Lipinski definition) is 5. The number of nitrogens with zero attached hydrogens (tertiary/aromatic N) is 1. The average molecular weight is 579 g/mol. The summed E-state index contributed by atoms with van der Waals surface area (Å²) < 4.78 is 34.0. The summed E-state index contributed by atoms with van der Waals surface area (Å²) in [6.45, 7) is 4.04. The van der Waals surface area contributed by atoms with Crippen LogP contribution in [-0.4, -0.2) is 76.7 Å². The third-order valence-corrected chi connectivity index (χ3v) is 7.83. The van der Waals surface area contributed by atoms with Crippen LogP contribution in [0, 0.1) is 0 Å². The monoisotopic (exact) mass is 578 g/mol. The van der Waals surface area contributed by atoms with Crippen molar-refractivity contribution < 1.29 is 32.5 Å². The SMILES string of the molecule is CCCCCCCCC=CCCCCCCCCCCCCOCC(COC)OP(=O)(O)OCC[N+](C)(C)C. The Labute approximate surface area is 242 Å². The van der Waals surface area contributed by atoms with Crippen molar-refractivity contribution in [3.05, 3.63) is 12.2 Å². The van der Waals surface area contributed by atoms with Crippen LogP contribution in [0.15, 0.2) is 12.2 Å². The van der Waals surface area contributed by atoms with Crippen molar-refractivity contribution in [1.29, 1.82) is 0 Å². The lowest BCUT2D eigenvalue weighted by Crippen LogP contribution is -2.37. The Morgan fingerprint density at radius 1 is 0.718 bits per heavy atom. The lowest BCUT2D eigenvalue weighted by molar-refractivity contribution is -0.870. The standard InChI is InChI=1S/C31H64NO6P/c1-6-7-8-9-10-11-12-13-14-15-16-17-18-19-20-21-22-23-24-25-27-36-30-31(29-35-5)38-39(33,34)37-28-26-32(2,3)4/h13-14,31H,6-12,15-30H2,1-5H3/p+1. The molecule has 0 radical (unpaired) electrons. The number of quaternary nitrogens is 1. The van der Waals surface area contributed by atoms with Gasteiger partial charge in [0, 0.05) is 13.7 Å². The molecule has 0 fully saturated rings. The number of allylic oxidation sites excluding steroid dienone is 2. The van der Waals surface area contributed by atoms with E-state index in [4.69, 9.17) is 18.5 Å². The Balaban J connectivity index is 3.55. The summed E-state index contributed by atoms with van der Waals surface area (Å²) in [7, 11) is 3.38. The first kappa shape index (κ1) is 38.7. The van der Waals surface area contributed by atoms with E-state index < -0.39 is 13.9 Å². The van der Waals surface area contributed by atoms with Crippen LogP contribution in [0.3, 0.4) is 0 Å². The van der Waals surface area contributed by atoms with Crippen molar-refractivity contribution in [3.63, 3.8) is 0 Å². The van der Waals surface area contributed by atoms with Gasteiger partial charge in [-0.25, -0.2) is 4.57 Å². The molecule has 0 aliphatic heterocycles. The van der Waals surface area contributed by atoms with Crippen LogP contribution in [0.2, 0.25) is 0 Å². The molecule has 39 heavy (non-hydrogen) atoms. The van der Waals surface area contributed by atoms with Gasteiger partial charge in [0.05, 0.1) is 34.4 Å². The highest BCUT2D eigenvalue weighted by Crippen LogP contribution is 2.44. The molecule has 7 nitrogen and oxygen atoms in total. The molecule has 2 atom stereocenters. The number of phosphoric ester groups is 1. The minimum Gasteiger partial charge on any atom is -0.382 e. The summed E-state index contributed by atoms with van der Waals surface area (Å²) in [5.74, 6) is 0. The second kappa shape index (κ2) is 26.6. The highest BCUT2D eigenvalue weighted by molar-refractivity contribution is 7.47. The van der Waals surface area contributed by atoms with Gasteiger partial charge in [-0.15, -0.1) is 0 Å². The first-order valence-electron chi connectivity index (χ1n) is 15.9. The van der Waals surface area contributed by atoms with Crippen molar-refractivity contribution in [2.75, 3.05) is 61.2 Å². The number of phosphoric acid groups is 1. The van der Waals surface area contributed by atoms with Gasteiger partial charge < -0.3 is 18.9 Å². The third-order valence-electron chi connectivity index (χ3n) is 6.76. The molecule has 0 heterocycles. The largest absolute Gasteiger partial charge is 0.472 e. The second-order valence-corrected chi connectivity index (χ2v) is 13.3. The fourth-order valence-corrected chi connectivity index (χ4v) is 5.19. The zero-order valence-electron chi connectivity index (χ0n) is 26.4. The van der Waals surface area contributed by atoms with Crippen molar-refractivity contribution in [3.8, 4) is 0 Å². The van der Waals surface area contributed by atoms with E-state index in [1.165, 1.54) is 110 Å². The number of likely N-dealkylation sites (N-methyl/N-ethyl adjacent to an activating group) is 1. The Morgan fingerprint density at radius 3 is 1.69 bits per heavy atom. The fourth-order valence-electron chi connectivity index (χ4n) is 4.32. The summed E-state index contributed by atoms with van der Waals surface area (Å²) in [5, 5.41) is 0. The van der Waals surface area contributed by atoms with E-state index in [9.17, 15) is 9.46 Å². The van der Waals surface area contributed by atoms with Gasteiger partial charge in [-0.05, 0) is 32.1 Å². The Hall–Kier alpha value is -0.270. The van der Waals surface area contributed by atoms with E-state index in [0.717, 1.165) is 12.8 Å². The average Bonchev–Trinajstić information content (AvgIpc) is 2.86. The molecule has 0 bridgehead atoms. The van der Waals surface area contributed by atoms with Gasteiger partial charge in [0.15, 0.2) is 0 Å². The number of hydrogen-bond donors (Lipinski definition) is 1. The summed E-state index contributed by atoms with van der Waals surface area (Å²) in [4.78, 5) is 9.98. The van der Waals surface area contributed by atoms with Gasteiger partial charge in [0.2, 0.25) is 0 Å². The maximum atomic E-state index is 12.2. The van der Waals surface area contributed by atoms with Gasteiger partial charge >= 0.3 is 7.82 Å². The first-order valence-corrected chi connectivity index (χ1v) is 17.4. The topological polar surface area (TPSA) is 74.2 Å². The predicted octanol–water partition coefficient (Wildman–Crippen LogP) is 8.46. The Kier molecular flexibility index (Phi) is 26.4. The third kappa shape index (κ3) is 30.5. The molecule has 0 aliphatic rings. The van der Waals surface area contributed by atoms with Crippen molar-refractivity contribution >= 4 is 7.82 Å². The van der Waals surface area contributed by atoms with Crippen LogP contribution < -0.4 is 0 Å². The number of rotatable bonds is 30. The summed E-state index contributed by atoms with van der Waals surface area (Å²) in [6.07, 6.45) is 27.7. The van der Waals surface area contributed by atoms with Gasteiger partial charge in [0.1, 0.15) is 19.3 Å². The Morgan fingerprint density at radius 2 is 1.21 bits per heavy atom. The molecule has 0 aliphatic carbocycles. The van der Waals surface area contributed by atoms with Gasteiger partial charge in [-0.2, -0.15) is 0 Å². The van der Waals surface area contributed by atoms with Crippen molar-refractivity contribution in [2.45, 2.75) is 129 Å². The zero-order chi connectivity index (χ0) is 29.1. The lowest BCUT2D eigenvalue weighted by atomic mass is 10.1. The highest BCUT2D eigenvalue weighted by atomic mass is 31.2. The van der Waals surface area contributed by atoms with Crippen LogP contribution in [0.5, 0.6) is 0 Å². The van der Waals surface area contributed by atoms with E-state index in [0.29, 0.717) is 17.6 Å². The van der Waals surface area contributed by atoms with Crippen LogP contribution >= 0.6 is 7.82 Å². The van der Waals surface area contributed by atoms with Crippen LogP contribution in [-0.2, 0) is 23.1 Å². The number of unbranched alkanes of at least 4 members (excludes halogenated alkanes) is 16. The van der Waals surface area contributed by atoms with E-state index in [2.05, 4.69) is 19.1 Å². The molecular weight excluding hydrogens is 513 g/mol. The van der Waals surface area contributed by atoms with Crippen LogP contribution in [0.25, 0.3) is 0 Å². The fraction of sp³-hybridized carbons (Fsp3) is 0.935. The molecule has 0 saturated carbocycles. The molecule has 8 heteroatoms. The van der Waals surface area contributed by atoms with Crippen molar-refractivity contribution in [2.24, 2.45) is 0 Å².